The molecule has 0 bridgehead atoms. The predicted octanol–water partition coefficient (Wildman–Crippen LogP) is 0.647. The highest BCUT2D eigenvalue weighted by molar-refractivity contribution is 4.86. The number of aliphatic hydroxyl groups is 1. The van der Waals surface area contributed by atoms with E-state index in [1.54, 1.807) is 0 Å². The lowest BCUT2D eigenvalue weighted by molar-refractivity contribution is -0.219. The van der Waals surface area contributed by atoms with Gasteiger partial charge in [-0.3, -0.25) is 0 Å². The lowest BCUT2D eigenvalue weighted by Gasteiger charge is -2.27. The van der Waals surface area contributed by atoms with E-state index in [-0.39, 0.29) is 0 Å². The number of halogens is 3. The number of nitrogens with two attached hydrogens (primary N) is 1. The molecular formula is C5H10F3NO. The molecule has 5 heteroatoms. The second-order valence-electron chi connectivity index (χ2n) is 2.77. The van der Waals surface area contributed by atoms with Gasteiger partial charge in [-0.05, 0) is 13.8 Å². The third-order valence-electron chi connectivity index (χ3n) is 1.01. The molecule has 0 heterocycles. The van der Waals surface area contributed by atoms with Crippen molar-refractivity contribution in [1.29, 1.82) is 0 Å². The summed E-state index contributed by atoms with van der Waals surface area (Å²) in [6, 6.07) is 0. The van der Waals surface area contributed by atoms with Gasteiger partial charge in [-0.25, -0.2) is 0 Å². The van der Waals surface area contributed by atoms with Crippen molar-refractivity contribution in [1.82, 2.24) is 0 Å². The third kappa shape index (κ3) is 2.53. The van der Waals surface area contributed by atoms with E-state index >= 15 is 0 Å². The second kappa shape index (κ2) is 2.39. The Morgan fingerprint density at radius 3 is 1.60 bits per heavy atom. The average Bonchev–Trinajstić information content (AvgIpc) is 1.59. The van der Waals surface area contributed by atoms with E-state index in [1.807, 2.05) is 0 Å². The molecule has 0 rings (SSSR count). The van der Waals surface area contributed by atoms with Gasteiger partial charge >= 0.3 is 6.18 Å². The van der Waals surface area contributed by atoms with Crippen molar-refractivity contribution in [2.24, 2.45) is 5.73 Å². The minimum absolute atomic E-state index is 1.12. The molecule has 0 aliphatic rings. The van der Waals surface area contributed by atoms with Crippen molar-refractivity contribution in [3.63, 3.8) is 0 Å². The minimum atomic E-state index is -4.63. The van der Waals surface area contributed by atoms with E-state index in [0.29, 0.717) is 0 Å². The van der Waals surface area contributed by atoms with Crippen molar-refractivity contribution in [3.8, 4) is 0 Å². The maximum atomic E-state index is 11.6. The topological polar surface area (TPSA) is 46.2 Å². The summed E-state index contributed by atoms with van der Waals surface area (Å²) in [7, 11) is 0. The molecule has 0 aliphatic carbocycles. The molecule has 1 unspecified atom stereocenters. The summed E-state index contributed by atoms with van der Waals surface area (Å²) in [5.41, 5.74) is 3.37. The van der Waals surface area contributed by atoms with Crippen molar-refractivity contribution in [2.75, 3.05) is 0 Å². The number of hydrogen-bond acceptors (Lipinski definition) is 2. The van der Waals surface area contributed by atoms with Crippen LogP contribution in [0.15, 0.2) is 0 Å². The van der Waals surface area contributed by atoms with Gasteiger partial charge in [-0.1, -0.05) is 0 Å². The van der Waals surface area contributed by atoms with Gasteiger partial charge in [0.25, 0.3) is 0 Å². The van der Waals surface area contributed by atoms with Crippen molar-refractivity contribution < 1.29 is 18.3 Å². The molecule has 0 radical (unpaired) electrons. The maximum Gasteiger partial charge on any atom is 0.416 e. The normalized spacial score (nSPS) is 17.1. The summed E-state index contributed by atoms with van der Waals surface area (Å²) >= 11 is 0. The largest absolute Gasteiger partial charge is 0.416 e. The van der Waals surface area contributed by atoms with Crippen LogP contribution in [-0.4, -0.2) is 22.9 Å². The second-order valence-corrected chi connectivity index (χ2v) is 2.77. The molecule has 3 N–H and O–H groups in total. The van der Waals surface area contributed by atoms with Crippen LogP contribution in [0.5, 0.6) is 0 Å². The van der Waals surface area contributed by atoms with Crippen LogP contribution in [0.2, 0.25) is 0 Å². The SMILES string of the molecule is CC(C)(N)C(O)C(F)(F)F. The predicted molar refractivity (Wildman–Crippen MR) is 30.3 cm³/mol. The summed E-state index contributed by atoms with van der Waals surface area (Å²) in [6.07, 6.45) is -7.09. The molecule has 0 saturated carbocycles. The lowest BCUT2D eigenvalue weighted by Crippen LogP contribution is -2.52. The Bertz CT molecular complexity index is 101. The molecule has 0 aromatic carbocycles. The van der Waals surface area contributed by atoms with E-state index in [4.69, 9.17) is 10.8 Å². The molecule has 0 aliphatic heterocycles. The number of alkyl halides is 3. The van der Waals surface area contributed by atoms with E-state index in [1.165, 1.54) is 0 Å². The fraction of sp³-hybridized carbons (Fsp3) is 1.00. The van der Waals surface area contributed by atoms with Crippen LogP contribution in [0, 0.1) is 0 Å². The van der Waals surface area contributed by atoms with E-state index in [9.17, 15) is 13.2 Å². The fourth-order valence-electron chi connectivity index (χ4n) is 0.422. The standard InChI is InChI=1S/C5H10F3NO/c1-4(2,9)3(10)5(6,7)8/h3,10H,9H2,1-2H3. The van der Waals surface area contributed by atoms with Gasteiger partial charge in [0.15, 0.2) is 6.10 Å². The zero-order chi connectivity index (χ0) is 8.58. The number of hydrogen-bond donors (Lipinski definition) is 2. The Hall–Kier alpha value is -0.290. The first-order chi connectivity index (χ1) is 4.15. The molecule has 0 spiro atoms. The molecule has 0 aromatic rings. The van der Waals surface area contributed by atoms with Gasteiger partial charge in [-0.2, -0.15) is 13.2 Å². The highest BCUT2D eigenvalue weighted by atomic mass is 19.4. The monoisotopic (exact) mass is 157 g/mol. The van der Waals surface area contributed by atoms with Crippen LogP contribution in [0.25, 0.3) is 0 Å². The molecule has 10 heavy (non-hydrogen) atoms. The smallest absolute Gasteiger partial charge is 0.382 e. The average molecular weight is 157 g/mol. The Morgan fingerprint density at radius 1 is 1.30 bits per heavy atom. The van der Waals surface area contributed by atoms with Crippen molar-refractivity contribution in [2.45, 2.75) is 31.7 Å². The molecule has 62 valence electrons. The molecule has 2 nitrogen and oxygen atoms in total. The molecule has 1 atom stereocenters. The Labute approximate surface area is 56.8 Å². The van der Waals surface area contributed by atoms with Gasteiger partial charge in [0, 0.05) is 5.54 Å². The summed E-state index contributed by atoms with van der Waals surface area (Å²) < 4.78 is 34.8. The van der Waals surface area contributed by atoms with Crippen LogP contribution in [-0.2, 0) is 0 Å². The van der Waals surface area contributed by atoms with Crippen LogP contribution in [0.4, 0.5) is 13.2 Å². The highest BCUT2D eigenvalue weighted by Crippen LogP contribution is 2.25. The Balaban J connectivity index is 4.23. The molecule has 0 fully saturated rings. The zero-order valence-corrected chi connectivity index (χ0v) is 5.74. The van der Waals surface area contributed by atoms with E-state index < -0.39 is 17.8 Å². The lowest BCUT2D eigenvalue weighted by atomic mass is 9.99. The first kappa shape index (κ1) is 9.71. The van der Waals surface area contributed by atoms with E-state index in [0.717, 1.165) is 13.8 Å². The number of rotatable bonds is 1. The number of aliphatic hydroxyl groups excluding tert-OH is 1. The summed E-state index contributed by atoms with van der Waals surface area (Å²) in [4.78, 5) is 0. The Morgan fingerprint density at radius 2 is 1.60 bits per heavy atom. The highest BCUT2D eigenvalue weighted by Gasteiger charge is 2.45. The minimum Gasteiger partial charge on any atom is -0.382 e. The van der Waals surface area contributed by atoms with E-state index in [2.05, 4.69) is 0 Å². The Kier molecular flexibility index (Phi) is 2.32. The summed E-state index contributed by atoms with van der Waals surface area (Å²) in [5, 5.41) is 8.47. The van der Waals surface area contributed by atoms with Crippen LogP contribution in [0.3, 0.4) is 0 Å². The zero-order valence-electron chi connectivity index (χ0n) is 5.74. The van der Waals surface area contributed by atoms with Crippen LogP contribution < -0.4 is 5.73 Å². The fourth-order valence-corrected chi connectivity index (χ4v) is 0.422. The molecule has 0 saturated heterocycles. The molecular weight excluding hydrogens is 147 g/mol. The third-order valence-corrected chi connectivity index (χ3v) is 1.01. The van der Waals surface area contributed by atoms with Gasteiger partial charge < -0.3 is 10.8 Å². The molecule has 0 aromatic heterocycles. The van der Waals surface area contributed by atoms with Gasteiger partial charge in [0.2, 0.25) is 0 Å². The van der Waals surface area contributed by atoms with Crippen molar-refractivity contribution >= 4 is 0 Å². The summed E-state index contributed by atoms with van der Waals surface area (Å²) in [5.74, 6) is 0. The van der Waals surface area contributed by atoms with Gasteiger partial charge in [0.1, 0.15) is 0 Å². The summed E-state index contributed by atoms with van der Waals surface area (Å²) in [6.45, 7) is 2.23. The van der Waals surface area contributed by atoms with Crippen LogP contribution in [0.1, 0.15) is 13.8 Å². The molecule has 0 amide bonds. The van der Waals surface area contributed by atoms with Gasteiger partial charge in [-0.15, -0.1) is 0 Å². The first-order valence-corrected chi connectivity index (χ1v) is 2.69. The maximum absolute atomic E-state index is 11.6. The quantitative estimate of drug-likeness (QED) is 0.587. The van der Waals surface area contributed by atoms with Gasteiger partial charge in [0.05, 0.1) is 0 Å². The van der Waals surface area contributed by atoms with Crippen molar-refractivity contribution in [3.05, 3.63) is 0 Å². The van der Waals surface area contributed by atoms with Crippen LogP contribution >= 0.6 is 0 Å². The first-order valence-electron chi connectivity index (χ1n) is 2.69.